The van der Waals surface area contributed by atoms with Crippen LogP contribution in [0.5, 0.6) is 0 Å². The maximum absolute atomic E-state index is 11.5. The van der Waals surface area contributed by atoms with Gasteiger partial charge in [-0.05, 0) is 37.0 Å². The van der Waals surface area contributed by atoms with E-state index in [0.29, 0.717) is 36.3 Å². The lowest BCUT2D eigenvalue weighted by Gasteiger charge is -2.36. The Bertz CT molecular complexity index is 522. The van der Waals surface area contributed by atoms with Crippen molar-refractivity contribution in [2.75, 3.05) is 19.7 Å². The average molecular weight is 347 g/mol. The SMILES string of the molecule is O=C(NCCOCc1ccc(Cl)cc1Cl)NCC1(O)CCC1. The first-order valence-corrected chi connectivity index (χ1v) is 8.00. The summed E-state index contributed by atoms with van der Waals surface area (Å²) in [4.78, 5) is 11.5. The van der Waals surface area contributed by atoms with Crippen molar-refractivity contribution in [2.45, 2.75) is 31.5 Å². The van der Waals surface area contributed by atoms with Crippen molar-refractivity contribution < 1.29 is 14.6 Å². The van der Waals surface area contributed by atoms with Crippen molar-refractivity contribution in [3.8, 4) is 0 Å². The predicted molar refractivity (Wildman–Crippen MR) is 86.3 cm³/mol. The second kappa shape index (κ2) is 8.02. The van der Waals surface area contributed by atoms with Gasteiger partial charge in [0, 0.05) is 23.1 Å². The van der Waals surface area contributed by atoms with Gasteiger partial charge in [0.1, 0.15) is 0 Å². The molecule has 122 valence electrons. The Labute approximate surface area is 139 Å². The normalized spacial score (nSPS) is 16.0. The van der Waals surface area contributed by atoms with Gasteiger partial charge in [0.15, 0.2) is 0 Å². The van der Waals surface area contributed by atoms with E-state index in [-0.39, 0.29) is 6.03 Å². The molecule has 1 fully saturated rings. The first-order valence-electron chi connectivity index (χ1n) is 7.24. The molecule has 0 spiro atoms. The quantitative estimate of drug-likeness (QED) is 0.664. The van der Waals surface area contributed by atoms with Crippen molar-refractivity contribution in [1.29, 1.82) is 0 Å². The van der Waals surface area contributed by atoms with Crippen LogP contribution < -0.4 is 10.6 Å². The maximum atomic E-state index is 11.5. The molecule has 1 saturated carbocycles. The van der Waals surface area contributed by atoms with Gasteiger partial charge in [-0.15, -0.1) is 0 Å². The molecule has 2 amide bonds. The zero-order valence-corrected chi connectivity index (χ0v) is 13.7. The first-order chi connectivity index (χ1) is 10.5. The lowest BCUT2D eigenvalue weighted by Crippen LogP contribution is -2.50. The molecule has 1 aliphatic rings. The summed E-state index contributed by atoms with van der Waals surface area (Å²) in [6.45, 7) is 1.41. The summed E-state index contributed by atoms with van der Waals surface area (Å²) in [5, 5.41) is 16.3. The molecule has 0 radical (unpaired) electrons. The number of nitrogens with one attached hydrogen (secondary N) is 2. The number of carbonyl (C=O) groups is 1. The highest BCUT2D eigenvalue weighted by atomic mass is 35.5. The molecule has 0 aromatic heterocycles. The number of benzene rings is 1. The van der Waals surface area contributed by atoms with Gasteiger partial charge >= 0.3 is 6.03 Å². The molecule has 1 aromatic rings. The largest absolute Gasteiger partial charge is 0.388 e. The molecule has 0 unspecified atom stereocenters. The monoisotopic (exact) mass is 346 g/mol. The molecule has 1 aromatic carbocycles. The molecule has 7 heteroatoms. The Morgan fingerprint density at radius 3 is 2.73 bits per heavy atom. The number of aliphatic hydroxyl groups is 1. The fourth-order valence-electron chi connectivity index (χ4n) is 2.13. The molecular weight excluding hydrogens is 327 g/mol. The number of amides is 2. The highest BCUT2D eigenvalue weighted by molar-refractivity contribution is 6.35. The molecule has 5 nitrogen and oxygen atoms in total. The van der Waals surface area contributed by atoms with E-state index in [1.807, 2.05) is 6.07 Å². The molecule has 0 saturated heterocycles. The van der Waals surface area contributed by atoms with E-state index in [1.54, 1.807) is 12.1 Å². The minimum Gasteiger partial charge on any atom is -0.388 e. The standard InChI is InChI=1S/C15H20Cl2N2O3/c16-12-3-2-11(13(17)8-12)9-22-7-6-18-14(20)19-10-15(21)4-1-5-15/h2-3,8,21H,1,4-7,9-10H2,(H2,18,19,20). The third-order valence-corrected chi connectivity index (χ3v) is 4.25. The first kappa shape index (κ1) is 17.3. The number of hydrogen-bond acceptors (Lipinski definition) is 3. The lowest BCUT2D eigenvalue weighted by molar-refractivity contribution is -0.0290. The Hall–Kier alpha value is -1.01. The molecular formula is C15H20Cl2N2O3. The summed E-state index contributed by atoms with van der Waals surface area (Å²) in [5.41, 5.74) is 0.141. The molecule has 3 N–H and O–H groups in total. The fourth-order valence-corrected chi connectivity index (χ4v) is 2.59. The van der Waals surface area contributed by atoms with Crippen molar-refractivity contribution in [3.63, 3.8) is 0 Å². The second-order valence-electron chi connectivity index (χ2n) is 5.48. The molecule has 0 heterocycles. The van der Waals surface area contributed by atoms with Crippen LogP contribution in [0.1, 0.15) is 24.8 Å². The number of rotatable bonds is 7. The van der Waals surface area contributed by atoms with Crippen LogP contribution >= 0.6 is 23.2 Å². The van der Waals surface area contributed by atoms with Crippen molar-refractivity contribution in [2.24, 2.45) is 0 Å². The topological polar surface area (TPSA) is 70.6 Å². The van der Waals surface area contributed by atoms with Gasteiger partial charge in [-0.25, -0.2) is 4.79 Å². The van der Waals surface area contributed by atoms with Crippen LogP contribution in [0, 0.1) is 0 Å². The Morgan fingerprint density at radius 1 is 1.32 bits per heavy atom. The Morgan fingerprint density at radius 2 is 2.09 bits per heavy atom. The molecule has 0 atom stereocenters. The summed E-state index contributed by atoms with van der Waals surface area (Å²) >= 11 is 11.8. The number of carbonyl (C=O) groups excluding carboxylic acids is 1. The van der Waals surface area contributed by atoms with Crippen LogP contribution in [-0.4, -0.2) is 36.4 Å². The van der Waals surface area contributed by atoms with Gasteiger partial charge < -0.3 is 20.5 Å². The molecule has 22 heavy (non-hydrogen) atoms. The number of halogens is 2. The number of hydrogen-bond donors (Lipinski definition) is 3. The summed E-state index contributed by atoms with van der Waals surface area (Å²) in [6, 6.07) is 4.93. The van der Waals surface area contributed by atoms with Crippen LogP contribution in [0.3, 0.4) is 0 Å². The van der Waals surface area contributed by atoms with Crippen molar-refractivity contribution >= 4 is 29.2 Å². The van der Waals surface area contributed by atoms with E-state index in [2.05, 4.69) is 10.6 Å². The number of ether oxygens (including phenoxy) is 1. The molecule has 2 rings (SSSR count). The van der Waals surface area contributed by atoms with Crippen molar-refractivity contribution in [3.05, 3.63) is 33.8 Å². The van der Waals surface area contributed by atoms with Gasteiger partial charge in [0.05, 0.1) is 18.8 Å². The van der Waals surface area contributed by atoms with Gasteiger partial charge in [-0.2, -0.15) is 0 Å². The second-order valence-corrected chi connectivity index (χ2v) is 6.32. The van der Waals surface area contributed by atoms with E-state index >= 15 is 0 Å². The van der Waals surface area contributed by atoms with E-state index in [0.717, 1.165) is 24.8 Å². The van der Waals surface area contributed by atoms with E-state index in [9.17, 15) is 9.90 Å². The third-order valence-electron chi connectivity index (χ3n) is 3.67. The highest BCUT2D eigenvalue weighted by Crippen LogP contribution is 2.30. The summed E-state index contributed by atoms with van der Waals surface area (Å²) < 4.78 is 5.45. The van der Waals surface area contributed by atoms with Crippen LogP contribution in [-0.2, 0) is 11.3 Å². The predicted octanol–water partition coefficient (Wildman–Crippen LogP) is 2.72. The van der Waals surface area contributed by atoms with Crippen LogP contribution in [0.2, 0.25) is 10.0 Å². The molecule has 0 aliphatic heterocycles. The van der Waals surface area contributed by atoms with E-state index < -0.39 is 5.60 Å². The van der Waals surface area contributed by atoms with Gasteiger partial charge in [-0.3, -0.25) is 0 Å². The van der Waals surface area contributed by atoms with Gasteiger partial charge in [0.25, 0.3) is 0 Å². The highest BCUT2D eigenvalue weighted by Gasteiger charge is 2.34. The fraction of sp³-hybridized carbons (Fsp3) is 0.533. The maximum Gasteiger partial charge on any atom is 0.314 e. The Kier molecular flexibility index (Phi) is 6.32. The summed E-state index contributed by atoms with van der Waals surface area (Å²) in [7, 11) is 0. The third kappa shape index (κ3) is 5.32. The Balaban J connectivity index is 1.56. The average Bonchev–Trinajstić information content (AvgIpc) is 2.44. The zero-order valence-electron chi connectivity index (χ0n) is 12.2. The van der Waals surface area contributed by atoms with E-state index in [4.69, 9.17) is 27.9 Å². The lowest BCUT2D eigenvalue weighted by atomic mass is 9.80. The van der Waals surface area contributed by atoms with Crippen LogP contribution in [0.25, 0.3) is 0 Å². The minimum absolute atomic E-state index is 0.292. The van der Waals surface area contributed by atoms with Gasteiger partial charge in [0.2, 0.25) is 0 Å². The zero-order chi connectivity index (χ0) is 16.0. The molecule has 1 aliphatic carbocycles. The minimum atomic E-state index is -0.709. The van der Waals surface area contributed by atoms with Gasteiger partial charge in [-0.1, -0.05) is 29.3 Å². The number of urea groups is 1. The summed E-state index contributed by atoms with van der Waals surface area (Å²) in [6.07, 6.45) is 2.51. The van der Waals surface area contributed by atoms with Crippen LogP contribution in [0.15, 0.2) is 18.2 Å². The summed E-state index contributed by atoms with van der Waals surface area (Å²) in [5.74, 6) is 0. The smallest absolute Gasteiger partial charge is 0.314 e. The molecule has 0 bridgehead atoms. The van der Waals surface area contributed by atoms with E-state index in [1.165, 1.54) is 0 Å². The van der Waals surface area contributed by atoms with Crippen LogP contribution in [0.4, 0.5) is 4.79 Å². The van der Waals surface area contributed by atoms with Crippen molar-refractivity contribution in [1.82, 2.24) is 10.6 Å².